The van der Waals surface area contributed by atoms with Crippen molar-refractivity contribution in [3.63, 3.8) is 0 Å². The van der Waals surface area contributed by atoms with Gasteiger partial charge in [0.15, 0.2) is 0 Å². The van der Waals surface area contributed by atoms with E-state index in [1.165, 1.54) is 11.0 Å². The normalized spacial score (nSPS) is 19.1. The number of nitrogens with two attached hydrogens (primary N) is 1. The first-order chi connectivity index (χ1) is 8.50. The molecule has 2 rings (SSSR count). The highest BCUT2D eigenvalue weighted by Crippen LogP contribution is 2.23. The molecule has 0 radical (unpaired) electrons. The van der Waals surface area contributed by atoms with Crippen LogP contribution in [0.2, 0.25) is 0 Å². The lowest BCUT2D eigenvalue weighted by molar-refractivity contribution is -0.123. The molecule has 0 aliphatic carbocycles. The first-order valence-electron chi connectivity index (χ1n) is 5.55. The lowest BCUT2D eigenvalue weighted by atomic mass is 9.78. The third-order valence-electron chi connectivity index (χ3n) is 3.03. The van der Waals surface area contributed by atoms with Crippen molar-refractivity contribution in [2.24, 2.45) is 11.7 Å². The van der Waals surface area contributed by atoms with E-state index in [2.05, 4.69) is 0 Å². The van der Waals surface area contributed by atoms with Gasteiger partial charge in [0.05, 0.1) is 5.92 Å². The van der Waals surface area contributed by atoms with Crippen LogP contribution < -0.4 is 16.1 Å². The maximum Gasteiger partial charge on any atom is 0.490 e. The van der Waals surface area contributed by atoms with Crippen molar-refractivity contribution in [2.75, 3.05) is 11.4 Å². The molecule has 18 heavy (non-hydrogen) atoms. The molecule has 1 unspecified atom stereocenters. The van der Waals surface area contributed by atoms with Gasteiger partial charge in [-0.25, -0.2) is 0 Å². The van der Waals surface area contributed by atoms with Crippen LogP contribution in [0.4, 0.5) is 5.69 Å². The van der Waals surface area contributed by atoms with Gasteiger partial charge >= 0.3 is 7.12 Å². The summed E-state index contributed by atoms with van der Waals surface area (Å²) in [6, 6.07) is 6.46. The quantitative estimate of drug-likeness (QED) is 0.549. The molecule has 1 aliphatic heterocycles. The fourth-order valence-corrected chi connectivity index (χ4v) is 2.08. The summed E-state index contributed by atoms with van der Waals surface area (Å²) in [5.74, 6) is -1.29. The summed E-state index contributed by atoms with van der Waals surface area (Å²) < 4.78 is 0. The number of nitrogens with zero attached hydrogens (tertiary/aromatic N) is 1. The Bertz CT molecular complexity index is 492. The fourth-order valence-electron chi connectivity index (χ4n) is 2.08. The fraction of sp³-hybridized carbons (Fsp3) is 0.273. The summed E-state index contributed by atoms with van der Waals surface area (Å²) in [7, 11) is -1.67. The van der Waals surface area contributed by atoms with E-state index in [9.17, 15) is 19.6 Å². The van der Waals surface area contributed by atoms with Crippen LogP contribution in [-0.4, -0.2) is 35.5 Å². The summed E-state index contributed by atoms with van der Waals surface area (Å²) >= 11 is 0. The van der Waals surface area contributed by atoms with Gasteiger partial charge in [0.2, 0.25) is 11.8 Å². The second kappa shape index (κ2) is 4.79. The standard InChI is InChI=1S/C11H13BN2O4/c13-11(16)7-5-10(15)14(6-7)9-4-2-1-3-8(9)12(17)18/h1-4,7,17-18H,5-6H2,(H2,13,16). The van der Waals surface area contributed by atoms with Gasteiger partial charge in [-0.3, -0.25) is 9.59 Å². The molecule has 0 aromatic heterocycles. The van der Waals surface area contributed by atoms with Gasteiger partial charge < -0.3 is 20.7 Å². The Hall–Kier alpha value is -1.86. The maximum absolute atomic E-state index is 11.8. The Morgan fingerprint density at radius 3 is 2.61 bits per heavy atom. The van der Waals surface area contributed by atoms with Gasteiger partial charge in [-0.2, -0.15) is 0 Å². The molecule has 4 N–H and O–H groups in total. The molecular formula is C11H13BN2O4. The predicted molar refractivity (Wildman–Crippen MR) is 65.9 cm³/mol. The monoisotopic (exact) mass is 248 g/mol. The molecule has 1 aromatic carbocycles. The van der Waals surface area contributed by atoms with E-state index < -0.39 is 18.9 Å². The van der Waals surface area contributed by atoms with Crippen molar-refractivity contribution in [1.82, 2.24) is 0 Å². The molecule has 1 aromatic rings. The molecule has 1 heterocycles. The van der Waals surface area contributed by atoms with Crippen LogP contribution in [0.5, 0.6) is 0 Å². The van der Waals surface area contributed by atoms with Crippen molar-refractivity contribution in [1.29, 1.82) is 0 Å². The first kappa shape index (κ1) is 12.6. The van der Waals surface area contributed by atoms with Gasteiger partial charge in [-0.05, 0) is 6.07 Å². The first-order valence-corrected chi connectivity index (χ1v) is 5.55. The number of para-hydroxylation sites is 1. The molecule has 1 saturated heterocycles. The summed E-state index contributed by atoms with van der Waals surface area (Å²) in [6.07, 6.45) is 0.0607. The van der Waals surface area contributed by atoms with Gasteiger partial charge in [0.25, 0.3) is 0 Å². The van der Waals surface area contributed by atoms with Crippen molar-refractivity contribution >= 4 is 30.1 Å². The van der Waals surface area contributed by atoms with E-state index in [4.69, 9.17) is 5.73 Å². The van der Waals surface area contributed by atoms with Crippen LogP contribution in [0.3, 0.4) is 0 Å². The number of carbonyl (C=O) groups excluding carboxylic acids is 2. The van der Waals surface area contributed by atoms with E-state index in [1.54, 1.807) is 18.2 Å². The van der Waals surface area contributed by atoms with Crippen LogP contribution >= 0.6 is 0 Å². The van der Waals surface area contributed by atoms with E-state index in [-0.39, 0.29) is 24.3 Å². The predicted octanol–water partition coefficient (Wildman–Crippen LogP) is -1.80. The molecule has 6 nitrogen and oxygen atoms in total. The molecule has 1 atom stereocenters. The maximum atomic E-state index is 11.8. The van der Waals surface area contributed by atoms with Crippen molar-refractivity contribution in [2.45, 2.75) is 6.42 Å². The van der Waals surface area contributed by atoms with E-state index >= 15 is 0 Å². The summed E-state index contributed by atoms with van der Waals surface area (Å²) in [6.45, 7) is 0.178. The van der Waals surface area contributed by atoms with E-state index in [0.29, 0.717) is 5.69 Å². The molecule has 2 amide bonds. The van der Waals surface area contributed by atoms with E-state index in [1.807, 2.05) is 0 Å². The zero-order chi connectivity index (χ0) is 13.3. The van der Waals surface area contributed by atoms with Crippen LogP contribution in [0.25, 0.3) is 0 Å². The largest absolute Gasteiger partial charge is 0.490 e. The molecule has 0 saturated carbocycles. The van der Waals surface area contributed by atoms with Gasteiger partial charge in [0.1, 0.15) is 0 Å². The van der Waals surface area contributed by atoms with E-state index in [0.717, 1.165) is 0 Å². The lowest BCUT2D eigenvalue weighted by Crippen LogP contribution is -2.38. The Morgan fingerprint density at radius 2 is 2.06 bits per heavy atom. The molecule has 1 fully saturated rings. The topological polar surface area (TPSA) is 104 Å². The average Bonchev–Trinajstić information content (AvgIpc) is 2.71. The number of hydrogen-bond donors (Lipinski definition) is 3. The van der Waals surface area contributed by atoms with Crippen LogP contribution in [0.1, 0.15) is 6.42 Å². The second-order valence-corrected chi connectivity index (χ2v) is 4.24. The molecule has 94 valence electrons. The number of carbonyl (C=O) groups is 2. The molecule has 0 bridgehead atoms. The highest BCUT2D eigenvalue weighted by molar-refractivity contribution is 6.60. The van der Waals surface area contributed by atoms with Crippen LogP contribution in [0.15, 0.2) is 24.3 Å². The lowest BCUT2D eigenvalue weighted by Gasteiger charge is -2.19. The molecule has 0 spiro atoms. The number of benzene rings is 1. The van der Waals surface area contributed by atoms with Gasteiger partial charge in [0, 0.05) is 24.1 Å². The third kappa shape index (κ3) is 2.22. The zero-order valence-electron chi connectivity index (χ0n) is 9.61. The number of primary amides is 1. The smallest absolute Gasteiger partial charge is 0.423 e. The zero-order valence-corrected chi connectivity index (χ0v) is 9.61. The van der Waals surface area contributed by atoms with Crippen LogP contribution in [-0.2, 0) is 9.59 Å². The molecular weight excluding hydrogens is 235 g/mol. The Labute approximate surface area is 104 Å². The van der Waals surface area contributed by atoms with Crippen molar-refractivity contribution in [3.8, 4) is 0 Å². The highest BCUT2D eigenvalue weighted by atomic mass is 16.4. The average molecular weight is 248 g/mol. The minimum Gasteiger partial charge on any atom is -0.423 e. The summed E-state index contributed by atoms with van der Waals surface area (Å²) in [4.78, 5) is 24.3. The Balaban J connectivity index is 2.33. The number of hydrogen-bond acceptors (Lipinski definition) is 4. The van der Waals surface area contributed by atoms with Gasteiger partial charge in [-0.1, -0.05) is 18.2 Å². The molecule has 7 heteroatoms. The number of rotatable bonds is 3. The summed E-state index contributed by atoms with van der Waals surface area (Å²) in [5.41, 5.74) is 5.82. The third-order valence-corrected chi connectivity index (χ3v) is 3.03. The second-order valence-electron chi connectivity index (χ2n) is 4.24. The van der Waals surface area contributed by atoms with Gasteiger partial charge in [-0.15, -0.1) is 0 Å². The molecule has 1 aliphatic rings. The van der Waals surface area contributed by atoms with Crippen LogP contribution in [0, 0.1) is 5.92 Å². The number of amides is 2. The van der Waals surface area contributed by atoms with Crippen molar-refractivity contribution < 1.29 is 19.6 Å². The SMILES string of the molecule is NC(=O)C1CC(=O)N(c2ccccc2B(O)O)C1. The number of anilines is 1. The minimum atomic E-state index is -1.67. The summed E-state index contributed by atoms with van der Waals surface area (Å²) in [5, 5.41) is 18.5. The highest BCUT2D eigenvalue weighted by Gasteiger charge is 2.35. The minimum absolute atomic E-state index is 0.0607. The Kier molecular flexibility index (Phi) is 3.35. The Morgan fingerprint density at radius 1 is 1.39 bits per heavy atom. The van der Waals surface area contributed by atoms with Crippen molar-refractivity contribution in [3.05, 3.63) is 24.3 Å².